The number of nitrogens with one attached hydrogen (secondary N) is 1. The smallest absolute Gasteiger partial charge is 0.269 e. The lowest BCUT2D eigenvalue weighted by atomic mass is 10.0. The highest BCUT2D eigenvalue weighted by molar-refractivity contribution is 5.92. The van der Waals surface area contributed by atoms with E-state index in [0.717, 1.165) is 32.5 Å². The van der Waals surface area contributed by atoms with Crippen molar-refractivity contribution in [2.45, 2.75) is 63.9 Å². The summed E-state index contributed by atoms with van der Waals surface area (Å²) in [6.07, 6.45) is 4.78. The van der Waals surface area contributed by atoms with E-state index in [0.29, 0.717) is 49.1 Å². The fourth-order valence-electron chi connectivity index (χ4n) is 4.73. The Morgan fingerprint density at radius 1 is 1.13 bits per heavy atom. The number of hydrogen-bond donors (Lipinski definition) is 3. The summed E-state index contributed by atoms with van der Waals surface area (Å²) in [5, 5.41) is 24.6. The molecule has 31 heavy (non-hydrogen) atoms. The van der Waals surface area contributed by atoms with Crippen molar-refractivity contribution in [2.24, 2.45) is 5.92 Å². The molecule has 172 valence electrons. The van der Waals surface area contributed by atoms with Gasteiger partial charge in [0.1, 0.15) is 11.5 Å². The molecule has 1 saturated carbocycles. The second-order valence-electron chi connectivity index (χ2n) is 9.61. The summed E-state index contributed by atoms with van der Waals surface area (Å²) in [6.45, 7) is 9.18. The quantitative estimate of drug-likeness (QED) is 0.584. The zero-order valence-corrected chi connectivity index (χ0v) is 18.8. The lowest BCUT2D eigenvalue weighted by Crippen LogP contribution is -2.50. The first kappa shape index (κ1) is 22.5. The third-order valence-electron chi connectivity index (χ3n) is 7.02. The molecule has 1 aromatic rings. The van der Waals surface area contributed by atoms with Gasteiger partial charge in [-0.25, -0.2) is 4.98 Å². The Hall–Kier alpha value is -1.74. The fourth-order valence-corrected chi connectivity index (χ4v) is 4.73. The average molecular weight is 432 g/mol. The maximum atomic E-state index is 12.4. The fraction of sp³-hybridized carbons (Fsp3) is 0.739. The Balaban J connectivity index is 1.40. The van der Waals surface area contributed by atoms with Crippen molar-refractivity contribution in [3.05, 3.63) is 23.9 Å². The highest BCUT2D eigenvalue weighted by atomic mass is 16.5. The maximum absolute atomic E-state index is 12.4. The summed E-state index contributed by atoms with van der Waals surface area (Å²) in [7, 11) is 0. The zero-order valence-electron chi connectivity index (χ0n) is 18.8. The standard InChI is InChI=1S/C23H37N5O3/c1-17(2)26-11-8-19(9-12-26)27-13-10-23(30,31)28(15-14-27)21-5-3-4-20(25-21)22(29)24-16-18-6-7-18/h3-5,17-19,30-31H,6-16H2,1-2H3,(H,24,29). The van der Waals surface area contributed by atoms with Gasteiger partial charge in [0, 0.05) is 44.7 Å². The number of pyridine rings is 1. The van der Waals surface area contributed by atoms with Crippen LogP contribution in [0.3, 0.4) is 0 Å². The number of likely N-dealkylation sites (tertiary alicyclic amines) is 1. The van der Waals surface area contributed by atoms with Gasteiger partial charge >= 0.3 is 0 Å². The van der Waals surface area contributed by atoms with E-state index in [1.54, 1.807) is 18.2 Å². The number of amides is 1. The number of rotatable bonds is 6. The molecule has 0 unspecified atom stereocenters. The van der Waals surface area contributed by atoms with E-state index in [2.05, 4.69) is 33.9 Å². The van der Waals surface area contributed by atoms with Crippen LogP contribution in [0.4, 0.5) is 5.82 Å². The number of carbonyl (C=O) groups is 1. The summed E-state index contributed by atoms with van der Waals surface area (Å²) in [6, 6.07) is 6.22. The first-order valence-electron chi connectivity index (χ1n) is 11.8. The number of piperidine rings is 1. The van der Waals surface area contributed by atoms with E-state index in [-0.39, 0.29) is 12.3 Å². The van der Waals surface area contributed by atoms with E-state index < -0.39 is 5.91 Å². The Bertz CT molecular complexity index is 759. The van der Waals surface area contributed by atoms with E-state index in [4.69, 9.17) is 0 Å². The molecule has 3 N–H and O–H groups in total. The predicted octanol–water partition coefficient (Wildman–Crippen LogP) is 1.24. The van der Waals surface area contributed by atoms with Gasteiger partial charge in [-0.1, -0.05) is 6.07 Å². The molecular weight excluding hydrogens is 394 g/mol. The summed E-state index contributed by atoms with van der Waals surface area (Å²) in [4.78, 5) is 23.3. The van der Waals surface area contributed by atoms with E-state index >= 15 is 0 Å². The van der Waals surface area contributed by atoms with Gasteiger partial charge in [0.05, 0.1) is 0 Å². The highest BCUT2D eigenvalue weighted by Crippen LogP contribution is 2.28. The van der Waals surface area contributed by atoms with Crippen LogP contribution in [0.1, 0.15) is 56.4 Å². The van der Waals surface area contributed by atoms with E-state index in [1.165, 1.54) is 17.7 Å². The van der Waals surface area contributed by atoms with Gasteiger partial charge in [-0.2, -0.15) is 0 Å². The van der Waals surface area contributed by atoms with Crippen LogP contribution in [0.15, 0.2) is 18.2 Å². The molecule has 4 rings (SSSR count). The highest BCUT2D eigenvalue weighted by Gasteiger charge is 2.38. The average Bonchev–Trinajstić information content (AvgIpc) is 3.59. The van der Waals surface area contributed by atoms with Crippen LogP contribution in [0.5, 0.6) is 0 Å². The molecule has 8 nitrogen and oxygen atoms in total. The number of anilines is 1. The van der Waals surface area contributed by atoms with Gasteiger partial charge in [-0.3, -0.25) is 9.69 Å². The van der Waals surface area contributed by atoms with Gasteiger partial charge in [0.2, 0.25) is 5.91 Å². The molecule has 1 aromatic heterocycles. The third kappa shape index (κ3) is 5.55. The predicted molar refractivity (Wildman–Crippen MR) is 120 cm³/mol. The molecule has 3 heterocycles. The van der Waals surface area contributed by atoms with Gasteiger partial charge in [0.15, 0.2) is 0 Å². The maximum Gasteiger partial charge on any atom is 0.269 e. The van der Waals surface area contributed by atoms with Crippen LogP contribution in [-0.4, -0.2) is 88.2 Å². The van der Waals surface area contributed by atoms with Crippen molar-refractivity contribution >= 4 is 11.7 Å². The second-order valence-corrected chi connectivity index (χ2v) is 9.61. The normalized spacial score (nSPS) is 23.7. The molecule has 2 saturated heterocycles. The Morgan fingerprint density at radius 2 is 1.87 bits per heavy atom. The van der Waals surface area contributed by atoms with Crippen molar-refractivity contribution in [1.29, 1.82) is 0 Å². The van der Waals surface area contributed by atoms with Crippen molar-refractivity contribution in [3.63, 3.8) is 0 Å². The monoisotopic (exact) mass is 431 g/mol. The Kier molecular flexibility index (Phi) is 6.81. The van der Waals surface area contributed by atoms with Crippen LogP contribution < -0.4 is 10.2 Å². The van der Waals surface area contributed by atoms with Crippen molar-refractivity contribution < 1.29 is 15.0 Å². The van der Waals surface area contributed by atoms with Crippen LogP contribution in [0, 0.1) is 5.92 Å². The molecule has 2 aliphatic heterocycles. The number of hydrogen-bond acceptors (Lipinski definition) is 7. The van der Waals surface area contributed by atoms with Crippen LogP contribution in [-0.2, 0) is 0 Å². The third-order valence-corrected chi connectivity index (χ3v) is 7.02. The van der Waals surface area contributed by atoms with Crippen molar-refractivity contribution in [2.75, 3.05) is 44.2 Å². The summed E-state index contributed by atoms with van der Waals surface area (Å²) < 4.78 is 0. The molecule has 0 spiro atoms. The van der Waals surface area contributed by atoms with Gasteiger partial charge < -0.3 is 25.3 Å². The largest absolute Gasteiger partial charge is 0.350 e. The first-order valence-corrected chi connectivity index (χ1v) is 11.8. The minimum atomic E-state index is -1.98. The van der Waals surface area contributed by atoms with Gasteiger partial charge in [-0.15, -0.1) is 0 Å². The number of aliphatic hydroxyl groups is 2. The van der Waals surface area contributed by atoms with Crippen LogP contribution in [0.2, 0.25) is 0 Å². The van der Waals surface area contributed by atoms with Gasteiger partial charge in [0.25, 0.3) is 5.91 Å². The minimum absolute atomic E-state index is 0.205. The number of carbonyl (C=O) groups excluding carboxylic acids is 1. The molecule has 8 heteroatoms. The zero-order chi connectivity index (χ0) is 22.0. The van der Waals surface area contributed by atoms with Gasteiger partial charge in [-0.05, 0) is 70.7 Å². The molecule has 0 aromatic carbocycles. The first-order chi connectivity index (χ1) is 14.8. The Labute approximate surface area is 185 Å². The lowest BCUT2D eigenvalue weighted by molar-refractivity contribution is -0.163. The Morgan fingerprint density at radius 3 is 2.55 bits per heavy atom. The molecule has 3 fully saturated rings. The molecular formula is C23H37N5O3. The lowest BCUT2D eigenvalue weighted by Gasteiger charge is -2.39. The molecule has 0 radical (unpaired) electrons. The number of nitrogens with zero attached hydrogens (tertiary/aromatic N) is 4. The molecule has 3 aliphatic rings. The molecule has 1 amide bonds. The summed E-state index contributed by atoms with van der Waals surface area (Å²) >= 11 is 0. The molecule has 0 bridgehead atoms. The van der Waals surface area contributed by atoms with E-state index in [1.807, 2.05) is 0 Å². The summed E-state index contributed by atoms with van der Waals surface area (Å²) in [5.74, 6) is -1.16. The van der Waals surface area contributed by atoms with Crippen molar-refractivity contribution in [3.8, 4) is 0 Å². The van der Waals surface area contributed by atoms with Crippen LogP contribution >= 0.6 is 0 Å². The minimum Gasteiger partial charge on any atom is -0.350 e. The van der Waals surface area contributed by atoms with Crippen molar-refractivity contribution in [1.82, 2.24) is 20.1 Å². The molecule has 0 atom stereocenters. The van der Waals surface area contributed by atoms with Crippen LogP contribution in [0.25, 0.3) is 0 Å². The molecule has 1 aliphatic carbocycles. The summed E-state index contributed by atoms with van der Waals surface area (Å²) in [5.41, 5.74) is 0.316. The SMILES string of the molecule is CC(C)N1CCC(N2CCN(c3cccc(C(=O)NCC4CC4)n3)C(O)(O)CC2)CC1. The number of aromatic nitrogens is 1. The topological polar surface area (TPSA) is 92.2 Å². The second kappa shape index (κ2) is 9.40. The van der Waals surface area contributed by atoms with E-state index in [9.17, 15) is 15.0 Å².